The zero-order chi connectivity index (χ0) is 15.9. The second-order valence-electron chi connectivity index (χ2n) is 5.06. The van der Waals surface area contributed by atoms with Crippen molar-refractivity contribution in [1.82, 2.24) is 5.32 Å². The first-order valence-corrected chi connectivity index (χ1v) is 7.46. The van der Waals surface area contributed by atoms with Crippen molar-refractivity contribution in [3.05, 3.63) is 65.2 Å². The Balaban J connectivity index is 1.77. The Morgan fingerprint density at radius 2 is 1.73 bits per heavy atom. The van der Waals surface area contributed by atoms with Gasteiger partial charge in [0.25, 0.3) is 0 Å². The van der Waals surface area contributed by atoms with Gasteiger partial charge in [-0.25, -0.2) is 0 Å². The lowest BCUT2D eigenvalue weighted by atomic mass is 10.1. The van der Waals surface area contributed by atoms with Crippen molar-refractivity contribution in [2.24, 2.45) is 5.73 Å². The molecule has 0 aliphatic heterocycles. The van der Waals surface area contributed by atoms with E-state index >= 15 is 0 Å². The number of carbonyl (C=O) groups is 1. The summed E-state index contributed by atoms with van der Waals surface area (Å²) in [6, 6.07) is 15.3. The van der Waals surface area contributed by atoms with E-state index in [0.29, 0.717) is 10.7 Å². The molecular formula is C17H19N3OS. The third-order valence-electron chi connectivity index (χ3n) is 3.25. The highest BCUT2D eigenvalue weighted by atomic mass is 32.1. The molecule has 4 nitrogen and oxygen atoms in total. The van der Waals surface area contributed by atoms with Gasteiger partial charge in [0.2, 0.25) is 5.91 Å². The molecule has 0 saturated heterocycles. The number of amides is 1. The standard InChI is InChI=1S/C17H19N3OS/c1-12-2-4-13(5-3-12)10-11-19-17(22)20-15-8-6-14(7-9-15)16(18)21/h2-9H,10-11H2,1H3,(H2,18,21)(H2,19,20,22). The van der Waals surface area contributed by atoms with E-state index in [1.165, 1.54) is 11.1 Å². The van der Waals surface area contributed by atoms with Crippen molar-refractivity contribution in [3.8, 4) is 0 Å². The van der Waals surface area contributed by atoms with Crippen LogP contribution >= 0.6 is 12.2 Å². The predicted octanol–water partition coefficient (Wildman–Crippen LogP) is 2.62. The zero-order valence-corrected chi connectivity index (χ0v) is 13.2. The molecule has 0 spiro atoms. The summed E-state index contributed by atoms with van der Waals surface area (Å²) in [5.41, 5.74) is 9.02. The Kier molecular flexibility index (Phi) is 5.49. The van der Waals surface area contributed by atoms with Gasteiger partial charge in [-0.15, -0.1) is 0 Å². The van der Waals surface area contributed by atoms with Gasteiger partial charge in [-0.2, -0.15) is 0 Å². The maximum absolute atomic E-state index is 11.0. The van der Waals surface area contributed by atoms with Crippen LogP contribution in [0.3, 0.4) is 0 Å². The minimum atomic E-state index is -0.439. The van der Waals surface area contributed by atoms with Gasteiger partial charge in [0.05, 0.1) is 0 Å². The van der Waals surface area contributed by atoms with Crippen LogP contribution in [0.15, 0.2) is 48.5 Å². The summed E-state index contributed by atoms with van der Waals surface area (Å²) in [7, 11) is 0. The summed E-state index contributed by atoms with van der Waals surface area (Å²) in [6.45, 7) is 2.83. The largest absolute Gasteiger partial charge is 0.366 e. The van der Waals surface area contributed by atoms with Crippen molar-refractivity contribution < 1.29 is 4.79 Å². The van der Waals surface area contributed by atoms with Crippen LogP contribution in [0.1, 0.15) is 21.5 Å². The SMILES string of the molecule is Cc1ccc(CCNC(=S)Nc2ccc(C(N)=O)cc2)cc1. The molecule has 0 saturated carbocycles. The van der Waals surface area contributed by atoms with Gasteiger partial charge in [0.15, 0.2) is 5.11 Å². The van der Waals surface area contributed by atoms with Gasteiger partial charge >= 0.3 is 0 Å². The maximum Gasteiger partial charge on any atom is 0.248 e. The minimum Gasteiger partial charge on any atom is -0.366 e. The second-order valence-corrected chi connectivity index (χ2v) is 5.47. The van der Waals surface area contributed by atoms with Gasteiger partial charge in [0, 0.05) is 17.8 Å². The molecule has 0 fully saturated rings. The van der Waals surface area contributed by atoms with Crippen molar-refractivity contribution in [1.29, 1.82) is 0 Å². The van der Waals surface area contributed by atoms with Crippen molar-refractivity contribution >= 4 is 28.9 Å². The topological polar surface area (TPSA) is 67.2 Å². The maximum atomic E-state index is 11.0. The van der Waals surface area contributed by atoms with E-state index in [4.69, 9.17) is 18.0 Å². The highest BCUT2D eigenvalue weighted by molar-refractivity contribution is 7.80. The predicted molar refractivity (Wildman–Crippen MR) is 94.1 cm³/mol. The van der Waals surface area contributed by atoms with E-state index in [1.54, 1.807) is 24.3 Å². The molecule has 4 N–H and O–H groups in total. The fraction of sp³-hybridized carbons (Fsp3) is 0.176. The summed E-state index contributed by atoms with van der Waals surface area (Å²) in [4.78, 5) is 11.0. The molecule has 0 heterocycles. The molecule has 0 unspecified atom stereocenters. The smallest absolute Gasteiger partial charge is 0.248 e. The molecule has 0 bridgehead atoms. The van der Waals surface area contributed by atoms with Crippen LogP contribution in [0.2, 0.25) is 0 Å². The molecule has 0 aromatic heterocycles. The number of hydrogen-bond acceptors (Lipinski definition) is 2. The summed E-state index contributed by atoms with van der Waals surface area (Å²) < 4.78 is 0. The van der Waals surface area contributed by atoms with Crippen LogP contribution < -0.4 is 16.4 Å². The van der Waals surface area contributed by atoms with E-state index in [-0.39, 0.29) is 0 Å². The fourth-order valence-electron chi connectivity index (χ4n) is 1.97. The van der Waals surface area contributed by atoms with Crippen LogP contribution in [-0.2, 0) is 6.42 Å². The van der Waals surface area contributed by atoms with Crippen molar-refractivity contribution in [3.63, 3.8) is 0 Å². The van der Waals surface area contributed by atoms with Crippen LogP contribution in [-0.4, -0.2) is 17.6 Å². The van der Waals surface area contributed by atoms with Gasteiger partial charge in [-0.05, 0) is 55.4 Å². The van der Waals surface area contributed by atoms with Gasteiger partial charge in [-0.1, -0.05) is 29.8 Å². The Labute approximate surface area is 135 Å². The first kappa shape index (κ1) is 16.0. The number of anilines is 1. The molecule has 0 atom stereocenters. The highest BCUT2D eigenvalue weighted by Crippen LogP contribution is 2.09. The molecule has 114 valence electrons. The van der Waals surface area contributed by atoms with Gasteiger partial charge in [0.1, 0.15) is 0 Å². The lowest BCUT2D eigenvalue weighted by Crippen LogP contribution is -2.30. The number of aryl methyl sites for hydroxylation is 1. The summed E-state index contributed by atoms with van der Waals surface area (Å²) in [5, 5.41) is 6.79. The van der Waals surface area contributed by atoms with E-state index in [9.17, 15) is 4.79 Å². The average Bonchev–Trinajstić information content (AvgIpc) is 2.50. The Hall–Kier alpha value is -2.40. The van der Waals surface area contributed by atoms with Crippen LogP contribution in [0, 0.1) is 6.92 Å². The summed E-state index contributed by atoms with van der Waals surface area (Å²) in [5.74, 6) is -0.439. The van der Waals surface area contributed by atoms with Gasteiger partial charge < -0.3 is 16.4 Å². The zero-order valence-electron chi connectivity index (χ0n) is 12.4. The summed E-state index contributed by atoms with van der Waals surface area (Å²) >= 11 is 5.24. The number of primary amides is 1. The molecule has 2 rings (SSSR count). The van der Waals surface area contributed by atoms with E-state index < -0.39 is 5.91 Å². The van der Waals surface area contributed by atoms with E-state index in [2.05, 4.69) is 41.8 Å². The Morgan fingerprint density at radius 3 is 2.32 bits per heavy atom. The molecule has 2 aromatic carbocycles. The van der Waals surface area contributed by atoms with Crippen molar-refractivity contribution in [2.75, 3.05) is 11.9 Å². The number of hydrogen-bond donors (Lipinski definition) is 3. The first-order valence-electron chi connectivity index (χ1n) is 7.05. The van der Waals surface area contributed by atoms with Crippen LogP contribution in [0.4, 0.5) is 5.69 Å². The molecule has 1 amide bonds. The quantitative estimate of drug-likeness (QED) is 0.742. The highest BCUT2D eigenvalue weighted by Gasteiger charge is 2.01. The lowest BCUT2D eigenvalue weighted by molar-refractivity contribution is 0.100. The van der Waals surface area contributed by atoms with Crippen LogP contribution in [0.25, 0.3) is 0 Å². The molecule has 22 heavy (non-hydrogen) atoms. The fourth-order valence-corrected chi connectivity index (χ4v) is 2.19. The van der Waals surface area contributed by atoms with Crippen LogP contribution in [0.5, 0.6) is 0 Å². The molecule has 0 aliphatic rings. The molecule has 2 aromatic rings. The lowest BCUT2D eigenvalue weighted by Gasteiger charge is -2.11. The first-order chi connectivity index (χ1) is 10.5. The Morgan fingerprint density at radius 1 is 1.09 bits per heavy atom. The Bertz CT molecular complexity index is 651. The number of nitrogens with two attached hydrogens (primary N) is 1. The number of benzene rings is 2. The van der Waals surface area contributed by atoms with Gasteiger partial charge in [-0.3, -0.25) is 4.79 Å². The number of carbonyl (C=O) groups excluding carboxylic acids is 1. The third-order valence-corrected chi connectivity index (χ3v) is 3.49. The van der Waals surface area contributed by atoms with Crippen molar-refractivity contribution in [2.45, 2.75) is 13.3 Å². The monoisotopic (exact) mass is 313 g/mol. The molecular weight excluding hydrogens is 294 g/mol. The van der Waals surface area contributed by atoms with E-state index in [0.717, 1.165) is 18.7 Å². The normalized spacial score (nSPS) is 10.0. The minimum absolute atomic E-state index is 0.439. The number of nitrogens with one attached hydrogen (secondary N) is 2. The number of thiocarbonyl (C=S) groups is 1. The molecule has 5 heteroatoms. The molecule has 0 radical (unpaired) electrons. The third kappa shape index (κ3) is 4.86. The van der Waals surface area contributed by atoms with E-state index in [1.807, 2.05) is 0 Å². The second kappa shape index (κ2) is 7.56. The average molecular weight is 313 g/mol. The summed E-state index contributed by atoms with van der Waals surface area (Å²) in [6.07, 6.45) is 0.905. The number of rotatable bonds is 5. The molecule has 0 aliphatic carbocycles.